The van der Waals surface area contributed by atoms with Gasteiger partial charge in [-0.05, 0) is 29.7 Å². The van der Waals surface area contributed by atoms with Gasteiger partial charge in [-0.25, -0.2) is 8.42 Å². The first kappa shape index (κ1) is 10.4. The van der Waals surface area contributed by atoms with E-state index < -0.39 is 9.84 Å². The van der Waals surface area contributed by atoms with Crippen LogP contribution < -0.4 is 5.73 Å². The number of rotatable bonds is 2. The van der Waals surface area contributed by atoms with Gasteiger partial charge in [0.25, 0.3) is 0 Å². The average molecular weight is 241 g/mol. The number of benzene rings is 1. The van der Waals surface area contributed by atoms with E-state index in [1.54, 1.807) is 0 Å². The van der Waals surface area contributed by atoms with Crippen molar-refractivity contribution in [3.8, 4) is 0 Å². The summed E-state index contributed by atoms with van der Waals surface area (Å²) < 4.78 is 23.3. The van der Waals surface area contributed by atoms with Crippen molar-refractivity contribution in [2.75, 3.05) is 12.0 Å². The predicted octanol–water partition coefficient (Wildman–Crippen LogP) is 2.03. The van der Waals surface area contributed by atoms with Crippen LogP contribution in [0.1, 0.15) is 4.88 Å². The average Bonchev–Trinajstić information content (AvgIpc) is 2.42. The Balaban J connectivity index is 2.48. The smallest absolute Gasteiger partial charge is 0.152 e. The van der Waals surface area contributed by atoms with Crippen LogP contribution in [0.2, 0.25) is 0 Å². The molecule has 0 saturated heterocycles. The van der Waals surface area contributed by atoms with Crippen LogP contribution in [-0.4, -0.2) is 14.7 Å². The summed E-state index contributed by atoms with van der Waals surface area (Å²) in [5, 5.41) is 1.01. The van der Waals surface area contributed by atoms with Crippen molar-refractivity contribution in [1.82, 2.24) is 0 Å². The third-order valence-electron chi connectivity index (χ3n) is 2.00. The molecular formula is C10H11NO2S2. The molecule has 5 heteroatoms. The number of sulfone groups is 1. The summed E-state index contributed by atoms with van der Waals surface area (Å²) in [4.78, 5) is 0.859. The van der Waals surface area contributed by atoms with Gasteiger partial charge in [-0.1, -0.05) is 0 Å². The van der Waals surface area contributed by atoms with E-state index >= 15 is 0 Å². The van der Waals surface area contributed by atoms with Gasteiger partial charge < -0.3 is 5.73 Å². The zero-order chi connectivity index (χ0) is 11.1. The van der Waals surface area contributed by atoms with Gasteiger partial charge in [-0.15, -0.1) is 11.3 Å². The van der Waals surface area contributed by atoms with Gasteiger partial charge in [-0.2, -0.15) is 0 Å². The minimum absolute atomic E-state index is 0.103. The highest BCUT2D eigenvalue weighted by Gasteiger charge is 2.08. The Hall–Kier alpha value is -1.07. The van der Waals surface area contributed by atoms with E-state index in [-0.39, 0.29) is 5.75 Å². The lowest BCUT2D eigenvalue weighted by Gasteiger charge is -1.91. The fourth-order valence-corrected chi connectivity index (χ4v) is 3.76. The van der Waals surface area contributed by atoms with E-state index in [4.69, 9.17) is 5.73 Å². The Bertz CT molecular complexity index is 599. The molecule has 0 radical (unpaired) electrons. The highest BCUT2D eigenvalue weighted by molar-refractivity contribution is 7.90. The number of hydrogen-bond donors (Lipinski definition) is 1. The minimum atomic E-state index is -2.96. The maximum atomic E-state index is 11.1. The summed E-state index contributed by atoms with van der Waals surface area (Å²) in [7, 11) is -2.96. The first-order chi connectivity index (χ1) is 6.94. The lowest BCUT2D eigenvalue weighted by atomic mass is 10.2. The summed E-state index contributed by atoms with van der Waals surface area (Å²) >= 11 is 1.50. The molecule has 0 fully saturated rings. The molecule has 2 rings (SSSR count). The molecule has 0 bridgehead atoms. The fraction of sp³-hybridized carbons (Fsp3) is 0.200. The standard InChI is InChI=1S/C10H11NO2S2/c1-15(12,13)6-9-5-7-4-8(11)2-3-10(7)14-9/h2-5H,6,11H2,1H3. The molecule has 0 amide bonds. The number of nitrogens with two attached hydrogens (primary N) is 1. The van der Waals surface area contributed by atoms with E-state index in [1.807, 2.05) is 24.3 Å². The Morgan fingerprint density at radius 2 is 2.07 bits per heavy atom. The molecule has 0 aliphatic carbocycles. The van der Waals surface area contributed by atoms with Gasteiger partial charge >= 0.3 is 0 Å². The van der Waals surface area contributed by atoms with Gasteiger partial charge in [0.05, 0.1) is 5.75 Å². The Morgan fingerprint density at radius 3 is 2.73 bits per heavy atom. The van der Waals surface area contributed by atoms with Crippen molar-refractivity contribution in [2.45, 2.75) is 5.75 Å². The van der Waals surface area contributed by atoms with Gasteiger partial charge in [0.2, 0.25) is 0 Å². The molecular weight excluding hydrogens is 230 g/mol. The van der Waals surface area contributed by atoms with Crippen LogP contribution in [0, 0.1) is 0 Å². The largest absolute Gasteiger partial charge is 0.399 e. The second-order valence-electron chi connectivity index (χ2n) is 3.58. The first-order valence-corrected chi connectivity index (χ1v) is 7.27. The second-order valence-corrected chi connectivity index (χ2v) is 6.89. The summed E-state index contributed by atoms with van der Waals surface area (Å²) in [5.41, 5.74) is 6.35. The van der Waals surface area contributed by atoms with Crippen molar-refractivity contribution in [2.24, 2.45) is 0 Å². The molecule has 1 heterocycles. The molecule has 0 aliphatic rings. The van der Waals surface area contributed by atoms with E-state index in [0.717, 1.165) is 15.0 Å². The SMILES string of the molecule is CS(=O)(=O)Cc1cc2cc(N)ccc2s1. The quantitative estimate of drug-likeness (QED) is 0.818. The predicted molar refractivity (Wildman–Crippen MR) is 64.8 cm³/mol. The first-order valence-electron chi connectivity index (χ1n) is 4.40. The fourth-order valence-electron chi connectivity index (χ4n) is 1.45. The summed E-state index contributed by atoms with van der Waals surface area (Å²) in [5.74, 6) is 0.103. The van der Waals surface area contributed by atoms with Crippen molar-refractivity contribution in [1.29, 1.82) is 0 Å². The lowest BCUT2D eigenvalue weighted by molar-refractivity contribution is 0.601. The zero-order valence-corrected chi connectivity index (χ0v) is 9.86. The van der Waals surface area contributed by atoms with Crippen LogP contribution in [0.3, 0.4) is 0 Å². The monoisotopic (exact) mass is 241 g/mol. The maximum absolute atomic E-state index is 11.1. The molecule has 2 aromatic rings. The van der Waals surface area contributed by atoms with Gasteiger partial charge in [0, 0.05) is 21.5 Å². The number of thiophene rings is 1. The third kappa shape index (κ3) is 2.49. The molecule has 0 saturated carbocycles. The van der Waals surface area contributed by atoms with Crippen LogP contribution in [0.4, 0.5) is 5.69 Å². The molecule has 2 N–H and O–H groups in total. The molecule has 0 atom stereocenters. The molecule has 1 aromatic carbocycles. The number of fused-ring (bicyclic) bond motifs is 1. The summed E-state index contributed by atoms with van der Waals surface area (Å²) in [6.07, 6.45) is 1.24. The Morgan fingerprint density at radius 1 is 1.33 bits per heavy atom. The third-order valence-corrected chi connectivity index (χ3v) is 4.13. The number of nitrogen functional groups attached to an aromatic ring is 1. The van der Waals surface area contributed by atoms with E-state index in [0.29, 0.717) is 5.69 Å². The topological polar surface area (TPSA) is 60.2 Å². The van der Waals surface area contributed by atoms with Gasteiger partial charge in [0.1, 0.15) is 0 Å². The molecule has 0 spiro atoms. The Kier molecular flexibility index (Phi) is 2.44. The molecule has 80 valence electrons. The van der Waals surface area contributed by atoms with E-state index in [1.165, 1.54) is 17.6 Å². The van der Waals surface area contributed by atoms with Crippen molar-refractivity contribution < 1.29 is 8.42 Å². The molecule has 1 aromatic heterocycles. The van der Waals surface area contributed by atoms with Crippen molar-refractivity contribution in [3.63, 3.8) is 0 Å². The van der Waals surface area contributed by atoms with Gasteiger partial charge in [-0.3, -0.25) is 0 Å². The zero-order valence-electron chi connectivity index (χ0n) is 8.23. The van der Waals surface area contributed by atoms with Crippen LogP contribution in [-0.2, 0) is 15.6 Å². The lowest BCUT2D eigenvalue weighted by Crippen LogP contribution is -1.98. The summed E-state index contributed by atoms with van der Waals surface area (Å²) in [6.45, 7) is 0. The summed E-state index contributed by atoms with van der Waals surface area (Å²) in [6, 6.07) is 7.49. The highest BCUT2D eigenvalue weighted by atomic mass is 32.2. The maximum Gasteiger partial charge on any atom is 0.152 e. The van der Waals surface area contributed by atoms with Crippen molar-refractivity contribution >= 4 is 36.9 Å². The Labute approximate surface area is 92.4 Å². The molecule has 3 nitrogen and oxygen atoms in total. The molecule has 15 heavy (non-hydrogen) atoms. The van der Waals surface area contributed by atoms with Crippen LogP contribution in [0.5, 0.6) is 0 Å². The molecule has 0 unspecified atom stereocenters. The van der Waals surface area contributed by atoms with Crippen molar-refractivity contribution in [3.05, 3.63) is 29.1 Å². The normalized spacial score (nSPS) is 12.1. The number of anilines is 1. The van der Waals surface area contributed by atoms with E-state index in [2.05, 4.69) is 0 Å². The van der Waals surface area contributed by atoms with Crippen LogP contribution in [0.25, 0.3) is 10.1 Å². The van der Waals surface area contributed by atoms with Crippen LogP contribution >= 0.6 is 11.3 Å². The highest BCUT2D eigenvalue weighted by Crippen LogP contribution is 2.28. The second kappa shape index (κ2) is 3.50. The molecule has 0 aliphatic heterocycles. The van der Waals surface area contributed by atoms with Gasteiger partial charge in [0.15, 0.2) is 9.84 Å². The van der Waals surface area contributed by atoms with Crippen LogP contribution in [0.15, 0.2) is 24.3 Å². The minimum Gasteiger partial charge on any atom is -0.399 e. The van der Waals surface area contributed by atoms with E-state index in [9.17, 15) is 8.42 Å². The number of hydrogen-bond acceptors (Lipinski definition) is 4.